The minimum absolute atomic E-state index is 0.837. The number of rotatable bonds is 6. The predicted molar refractivity (Wildman–Crippen MR) is 68.0 cm³/mol. The summed E-state index contributed by atoms with van der Waals surface area (Å²) in [7, 11) is 0. The number of hydrogen-bond acceptors (Lipinski definition) is 2. The lowest BCUT2D eigenvalue weighted by Gasteiger charge is -1.97. The maximum Gasteiger partial charge on any atom is 0.0314 e. The van der Waals surface area contributed by atoms with Gasteiger partial charge in [0, 0.05) is 14.2 Å². The molecule has 0 unspecified atom stereocenters. The lowest BCUT2D eigenvalue weighted by Crippen LogP contribution is -1.97. The van der Waals surface area contributed by atoms with Crippen molar-refractivity contribution in [3.63, 3.8) is 0 Å². The van der Waals surface area contributed by atoms with E-state index in [0.29, 0.717) is 0 Å². The first kappa shape index (κ1) is 12.2. The molecule has 1 heterocycles. The fourth-order valence-electron chi connectivity index (χ4n) is 1.44. The van der Waals surface area contributed by atoms with E-state index in [1.54, 1.807) is 0 Å². The van der Waals surface area contributed by atoms with E-state index < -0.39 is 0 Å². The third kappa shape index (κ3) is 4.11. The molecule has 0 saturated carbocycles. The average Bonchev–Trinajstić information content (AvgIpc) is 2.46. The van der Waals surface area contributed by atoms with Gasteiger partial charge in [0.05, 0.1) is 0 Å². The molecule has 3 heteroatoms. The second-order valence-corrected chi connectivity index (χ2v) is 5.76. The van der Waals surface area contributed by atoms with Gasteiger partial charge in [0.25, 0.3) is 0 Å². The largest absolute Gasteiger partial charge is 0.330 e. The van der Waals surface area contributed by atoms with Crippen LogP contribution < -0.4 is 5.73 Å². The Hall–Kier alpha value is 0.140. The van der Waals surface area contributed by atoms with Crippen molar-refractivity contribution in [1.82, 2.24) is 0 Å². The minimum Gasteiger partial charge on any atom is -0.330 e. The van der Waals surface area contributed by atoms with Gasteiger partial charge < -0.3 is 5.73 Å². The lowest BCUT2D eigenvalue weighted by molar-refractivity contribution is 0.649. The predicted octanol–water partition coefficient (Wildman–Crippen LogP) is 3.88. The number of hydrogen-bond donors (Lipinski definition) is 1. The number of halogens is 1. The van der Waals surface area contributed by atoms with Crippen LogP contribution in [0.1, 0.15) is 35.4 Å². The number of nitrogens with two attached hydrogens (primary N) is 1. The molecule has 80 valence electrons. The van der Waals surface area contributed by atoms with E-state index >= 15 is 0 Å². The fourth-order valence-corrected chi connectivity index (χ4v) is 3.08. The summed E-state index contributed by atoms with van der Waals surface area (Å²) in [5.74, 6) is 0. The van der Waals surface area contributed by atoms with E-state index in [9.17, 15) is 0 Å². The normalized spacial score (nSPS) is 10.8. The third-order valence-electron chi connectivity index (χ3n) is 2.29. The molecule has 1 nitrogen and oxygen atoms in total. The first-order chi connectivity index (χ1) is 6.74. The molecule has 14 heavy (non-hydrogen) atoms. The van der Waals surface area contributed by atoms with Crippen LogP contribution in [0.3, 0.4) is 0 Å². The Kier molecular flexibility index (Phi) is 5.75. The number of thiophene rings is 1. The van der Waals surface area contributed by atoms with Crippen molar-refractivity contribution < 1.29 is 0 Å². The van der Waals surface area contributed by atoms with Crippen LogP contribution in [-0.2, 0) is 6.42 Å². The highest BCUT2D eigenvalue weighted by Gasteiger charge is 2.01. The van der Waals surface area contributed by atoms with Crippen LogP contribution in [0.4, 0.5) is 0 Å². The van der Waals surface area contributed by atoms with Crippen molar-refractivity contribution in [3.05, 3.63) is 20.3 Å². The van der Waals surface area contributed by atoms with Crippen molar-refractivity contribution in [2.45, 2.75) is 39.0 Å². The molecule has 0 aliphatic heterocycles. The summed E-state index contributed by atoms with van der Waals surface area (Å²) in [5.41, 5.74) is 5.44. The highest BCUT2D eigenvalue weighted by Crippen LogP contribution is 2.27. The van der Waals surface area contributed by atoms with Gasteiger partial charge in [-0.1, -0.05) is 12.8 Å². The van der Waals surface area contributed by atoms with Gasteiger partial charge in [-0.25, -0.2) is 0 Å². The van der Waals surface area contributed by atoms with E-state index in [-0.39, 0.29) is 0 Å². The maximum absolute atomic E-state index is 5.44. The molecular weight excluding hydrogens is 258 g/mol. The lowest BCUT2D eigenvalue weighted by atomic mass is 10.1. The molecule has 2 N–H and O–H groups in total. The van der Waals surface area contributed by atoms with Gasteiger partial charge in [0.15, 0.2) is 0 Å². The van der Waals surface area contributed by atoms with Crippen LogP contribution in [-0.4, -0.2) is 6.54 Å². The monoisotopic (exact) mass is 275 g/mol. The molecule has 0 fully saturated rings. The molecule has 0 bridgehead atoms. The number of unbranched alkanes of at least 4 members (excludes halogenated alkanes) is 3. The smallest absolute Gasteiger partial charge is 0.0314 e. The average molecular weight is 276 g/mol. The molecule has 0 aliphatic carbocycles. The molecule has 1 aromatic heterocycles. The van der Waals surface area contributed by atoms with Gasteiger partial charge in [0.1, 0.15) is 0 Å². The molecule has 1 aromatic rings. The Balaban J connectivity index is 2.18. The summed E-state index contributed by atoms with van der Waals surface area (Å²) in [6.45, 7) is 3.00. The Labute approximate surface area is 98.8 Å². The first-order valence-corrected chi connectivity index (χ1v) is 6.80. The molecule has 0 aromatic carbocycles. The van der Waals surface area contributed by atoms with Gasteiger partial charge >= 0.3 is 0 Å². The second-order valence-electron chi connectivity index (χ2n) is 3.57. The summed E-state index contributed by atoms with van der Waals surface area (Å²) >= 11 is 5.45. The molecule has 0 atom stereocenters. The van der Waals surface area contributed by atoms with E-state index in [1.165, 1.54) is 46.3 Å². The summed E-state index contributed by atoms with van der Waals surface area (Å²) in [4.78, 5) is 2.89. The topological polar surface area (TPSA) is 26.0 Å². The summed E-state index contributed by atoms with van der Waals surface area (Å²) in [6.07, 6.45) is 6.29. The minimum atomic E-state index is 0.837. The van der Waals surface area contributed by atoms with Gasteiger partial charge in [-0.2, -0.15) is 0 Å². The van der Waals surface area contributed by atoms with Gasteiger partial charge in [0.2, 0.25) is 0 Å². The van der Waals surface area contributed by atoms with Crippen molar-refractivity contribution in [1.29, 1.82) is 0 Å². The van der Waals surface area contributed by atoms with Crippen LogP contribution in [0.25, 0.3) is 0 Å². The van der Waals surface area contributed by atoms with Crippen molar-refractivity contribution >= 4 is 27.3 Å². The standard InChI is InChI=1S/C11H18BrNS/c1-9-11(12)8-10(14-9)6-4-2-3-5-7-13/h8H,2-7,13H2,1H3. The second kappa shape index (κ2) is 6.59. The van der Waals surface area contributed by atoms with Crippen LogP contribution in [0, 0.1) is 6.92 Å². The SMILES string of the molecule is Cc1sc(CCCCCCN)cc1Br. The van der Waals surface area contributed by atoms with Crippen LogP contribution >= 0.6 is 27.3 Å². The van der Waals surface area contributed by atoms with E-state index in [4.69, 9.17) is 5.73 Å². The van der Waals surface area contributed by atoms with Gasteiger partial charge in [-0.05, 0) is 54.7 Å². The van der Waals surface area contributed by atoms with Gasteiger partial charge in [-0.3, -0.25) is 0 Å². The highest BCUT2D eigenvalue weighted by molar-refractivity contribution is 9.10. The number of aryl methyl sites for hydroxylation is 2. The van der Waals surface area contributed by atoms with Crippen LogP contribution in [0.2, 0.25) is 0 Å². The quantitative estimate of drug-likeness (QED) is 0.784. The molecule has 0 spiro atoms. The molecule has 1 rings (SSSR count). The zero-order chi connectivity index (χ0) is 10.4. The maximum atomic E-state index is 5.44. The Morgan fingerprint density at radius 2 is 2.00 bits per heavy atom. The molecule has 0 radical (unpaired) electrons. The molecule has 0 amide bonds. The first-order valence-electron chi connectivity index (χ1n) is 5.19. The zero-order valence-corrected chi connectivity index (χ0v) is 11.1. The molecule has 0 saturated heterocycles. The van der Waals surface area contributed by atoms with Crippen LogP contribution in [0.15, 0.2) is 10.5 Å². The van der Waals surface area contributed by atoms with Crippen molar-refractivity contribution in [3.8, 4) is 0 Å². The van der Waals surface area contributed by atoms with Crippen molar-refractivity contribution in [2.24, 2.45) is 5.73 Å². The summed E-state index contributed by atoms with van der Waals surface area (Å²) in [6, 6.07) is 2.25. The summed E-state index contributed by atoms with van der Waals surface area (Å²) in [5, 5.41) is 0. The third-order valence-corrected chi connectivity index (χ3v) is 4.48. The van der Waals surface area contributed by atoms with Crippen molar-refractivity contribution in [2.75, 3.05) is 6.54 Å². The Bertz CT molecular complexity index is 251. The Morgan fingerprint density at radius 1 is 1.29 bits per heavy atom. The van der Waals surface area contributed by atoms with Crippen LogP contribution in [0.5, 0.6) is 0 Å². The van der Waals surface area contributed by atoms with Gasteiger partial charge in [-0.15, -0.1) is 11.3 Å². The van der Waals surface area contributed by atoms with E-state index in [0.717, 1.165) is 6.54 Å². The van der Waals surface area contributed by atoms with E-state index in [2.05, 4.69) is 28.9 Å². The summed E-state index contributed by atoms with van der Waals surface area (Å²) < 4.78 is 1.26. The van der Waals surface area contributed by atoms with E-state index in [1.807, 2.05) is 11.3 Å². The highest BCUT2D eigenvalue weighted by atomic mass is 79.9. The fraction of sp³-hybridized carbons (Fsp3) is 0.636. The molecule has 0 aliphatic rings. The molecular formula is C11H18BrNS. The zero-order valence-electron chi connectivity index (χ0n) is 8.68. The Morgan fingerprint density at radius 3 is 2.57 bits per heavy atom.